The van der Waals surface area contributed by atoms with Crippen molar-refractivity contribution in [1.29, 1.82) is 0 Å². The normalized spacial score (nSPS) is 11.8. The van der Waals surface area contributed by atoms with Gasteiger partial charge >= 0.3 is 6.18 Å². The Hall–Kier alpha value is -2.94. The van der Waals surface area contributed by atoms with Crippen molar-refractivity contribution in [3.63, 3.8) is 0 Å². The molecule has 0 bridgehead atoms. The lowest BCUT2D eigenvalue weighted by Gasteiger charge is -2.02. The minimum Gasteiger partial charge on any atom is -0.334 e. The van der Waals surface area contributed by atoms with E-state index in [0.29, 0.717) is 22.8 Å². The van der Waals surface area contributed by atoms with E-state index in [-0.39, 0.29) is 5.82 Å². The summed E-state index contributed by atoms with van der Waals surface area (Å²) in [5.41, 5.74) is 1.09. The van der Waals surface area contributed by atoms with Gasteiger partial charge in [0.25, 0.3) is 5.89 Å². The molecule has 0 N–H and O–H groups in total. The third kappa shape index (κ3) is 3.57. The van der Waals surface area contributed by atoms with E-state index < -0.39 is 11.9 Å². The van der Waals surface area contributed by atoms with E-state index >= 15 is 0 Å². The van der Waals surface area contributed by atoms with Crippen LogP contribution in [0, 0.1) is 0 Å². The highest BCUT2D eigenvalue weighted by atomic mass is 79.9. The van der Waals surface area contributed by atoms with Crippen LogP contribution in [0.15, 0.2) is 63.7 Å². The van der Waals surface area contributed by atoms with E-state index in [0.717, 1.165) is 16.2 Å². The number of nitrogens with zero attached hydrogens (tertiary/aromatic N) is 4. The van der Waals surface area contributed by atoms with Gasteiger partial charge < -0.3 is 9.09 Å². The minimum atomic E-state index is -4.48. The van der Waals surface area contributed by atoms with Gasteiger partial charge in [0, 0.05) is 34.4 Å². The summed E-state index contributed by atoms with van der Waals surface area (Å²) in [6.45, 7) is 0. The summed E-state index contributed by atoms with van der Waals surface area (Å²) in [6.07, 6.45) is -3.52. The second kappa shape index (κ2) is 6.90. The lowest BCUT2D eigenvalue weighted by Crippen LogP contribution is -2.04. The van der Waals surface area contributed by atoms with E-state index in [2.05, 4.69) is 31.1 Å². The number of hydrogen-bond donors (Lipinski definition) is 0. The molecule has 5 nitrogen and oxygen atoms in total. The van der Waals surface area contributed by atoms with Crippen molar-refractivity contribution in [3.05, 3.63) is 64.9 Å². The largest absolute Gasteiger partial charge is 0.434 e. The number of benzene rings is 2. The third-order valence-corrected chi connectivity index (χ3v) is 4.61. The van der Waals surface area contributed by atoms with E-state index in [1.807, 2.05) is 24.3 Å². The molecule has 0 aliphatic rings. The van der Waals surface area contributed by atoms with Gasteiger partial charge in [-0.25, -0.2) is 4.98 Å². The molecule has 2 heterocycles. The number of rotatable bonds is 3. The summed E-state index contributed by atoms with van der Waals surface area (Å²) in [6, 6.07) is 14.2. The Morgan fingerprint density at radius 3 is 2.11 bits per heavy atom. The molecule has 0 amide bonds. The summed E-state index contributed by atoms with van der Waals surface area (Å²) in [5, 5.41) is 3.97. The van der Waals surface area contributed by atoms with Gasteiger partial charge in [-0.15, -0.1) is 0 Å². The number of halogens is 4. The Kier molecular flexibility index (Phi) is 4.54. The fourth-order valence-corrected chi connectivity index (χ4v) is 2.95. The van der Waals surface area contributed by atoms with Crippen LogP contribution in [0.5, 0.6) is 0 Å². The van der Waals surface area contributed by atoms with Gasteiger partial charge in [0.15, 0.2) is 5.69 Å². The molecule has 0 saturated carbocycles. The quantitative estimate of drug-likeness (QED) is 0.410. The second-order valence-electron chi connectivity index (χ2n) is 6.07. The maximum Gasteiger partial charge on any atom is 0.434 e. The maximum absolute atomic E-state index is 12.8. The summed E-state index contributed by atoms with van der Waals surface area (Å²) in [4.78, 5) is 8.06. The molecular formula is C19H12BrF3N4O. The van der Waals surface area contributed by atoms with E-state index in [1.54, 1.807) is 24.3 Å². The van der Waals surface area contributed by atoms with Crippen LogP contribution in [0.3, 0.4) is 0 Å². The van der Waals surface area contributed by atoms with Gasteiger partial charge in [0.05, 0.1) is 0 Å². The second-order valence-corrected chi connectivity index (χ2v) is 6.98. The van der Waals surface area contributed by atoms with Gasteiger partial charge in [0.1, 0.15) is 5.82 Å². The zero-order valence-corrected chi connectivity index (χ0v) is 16.0. The standard InChI is InChI=1S/C19H12BrF3N4O/c1-27-10-15(19(21,22)23)24-17(27)12-4-2-11(3-5-12)16-25-18(28-26-16)13-6-8-14(20)9-7-13/h2-10H,1H3. The predicted octanol–water partition coefficient (Wildman–Crippen LogP) is 5.59. The average molecular weight is 449 g/mol. The van der Waals surface area contributed by atoms with Crippen LogP contribution in [-0.2, 0) is 13.2 Å². The first-order valence-electron chi connectivity index (χ1n) is 8.12. The van der Waals surface area contributed by atoms with Crippen LogP contribution in [-0.4, -0.2) is 19.7 Å². The molecule has 0 spiro atoms. The molecular weight excluding hydrogens is 437 g/mol. The fraction of sp³-hybridized carbons (Fsp3) is 0.105. The first kappa shape index (κ1) is 18.4. The van der Waals surface area contributed by atoms with Gasteiger partial charge in [-0.05, 0) is 24.3 Å². The lowest BCUT2D eigenvalue weighted by molar-refractivity contribution is -0.140. The molecule has 0 unspecified atom stereocenters. The average Bonchev–Trinajstić information content (AvgIpc) is 3.29. The third-order valence-electron chi connectivity index (χ3n) is 4.09. The summed E-state index contributed by atoms with van der Waals surface area (Å²) >= 11 is 3.37. The van der Waals surface area contributed by atoms with Crippen LogP contribution in [0.1, 0.15) is 5.69 Å². The van der Waals surface area contributed by atoms with Crippen molar-refractivity contribution in [3.8, 4) is 34.2 Å². The summed E-state index contributed by atoms with van der Waals surface area (Å²) in [7, 11) is 1.52. The molecule has 2 aromatic carbocycles. The monoisotopic (exact) mass is 448 g/mol. The maximum atomic E-state index is 12.8. The number of aromatic nitrogens is 4. The van der Waals surface area contributed by atoms with Crippen LogP contribution >= 0.6 is 15.9 Å². The van der Waals surface area contributed by atoms with Crippen molar-refractivity contribution in [2.24, 2.45) is 7.05 Å². The molecule has 0 fully saturated rings. The molecule has 4 aromatic rings. The number of imidazole rings is 1. The first-order valence-corrected chi connectivity index (χ1v) is 8.91. The Morgan fingerprint density at radius 2 is 1.50 bits per heavy atom. The molecule has 142 valence electrons. The molecule has 0 atom stereocenters. The van der Waals surface area contributed by atoms with Crippen molar-refractivity contribution in [1.82, 2.24) is 19.7 Å². The highest BCUT2D eigenvalue weighted by Crippen LogP contribution is 2.31. The summed E-state index contributed by atoms with van der Waals surface area (Å²) in [5.74, 6) is 0.994. The van der Waals surface area contributed by atoms with Crippen LogP contribution < -0.4 is 0 Å². The molecule has 0 saturated heterocycles. The molecule has 0 radical (unpaired) electrons. The molecule has 28 heavy (non-hydrogen) atoms. The highest BCUT2D eigenvalue weighted by molar-refractivity contribution is 9.10. The number of alkyl halides is 3. The molecule has 2 aromatic heterocycles. The van der Waals surface area contributed by atoms with E-state index in [4.69, 9.17) is 4.52 Å². The highest BCUT2D eigenvalue weighted by Gasteiger charge is 2.34. The van der Waals surface area contributed by atoms with Crippen molar-refractivity contribution in [2.75, 3.05) is 0 Å². The molecule has 9 heteroatoms. The predicted molar refractivity (Wildman–Crippen MR) is 100 cm³/mol. The van der Waals surface area contributed by atoms with Crippen molar-refractivity contribution < 1.29 is 17.7 Å². The minimum absolute atomic E-state index is 0.225. The van der Waals surface area contributed by atoms with Gasteiger partial charge in [-0.2, -0.15) is 18.2 Å². The van der Waals surface area contributed by atoms with E-state index in [9.17, 15) is 13.2 Å². The van der Waals surface area contributed by atoms with Crippen LogP contribution in [0.2, 0.25) is 0 Å². The molecule has 4 rings (SSSR count). The topological polar surface area (TPSA) is 56.7 Å². The Morgan fingerprint density at radius 1 is 0.893 bits per heavy atom. The van der Waals surface area contributed by atoms with Crippen LogP contribution in [0.25, 0.3) is 34.2 Å². The SMILES string of the molecule is Cn1cc(C(F)(F)F)nc1-c1ccc(-c2noc(-c3ccc(Br)cc3)n2)cc1. The first-order chi connectivity index (χ1) is 13.3. The molecule has 0 aliphatic carbocycles. The van der Waals surface area contributed by atoms with Gasteiger partial charge in [-0.3, -0.25) is 0 Å². The zero-order valence-electron chi connectivity index (χ0n) is 14.4. The van der Waals surface area contributed by atoms with Crippen molar-refractivity contribution in [2.45, 2.75) is 6.18 Å². The van der Waals surface area contributed by atoms with Gasteiger partial charge in [0.2, 0.25) is 5.82 Å². The van der Waals surface area contributed by atoms with E-state index in [1.165, 1.54) is 11.6 Å². The number of aryl methyl sites for hydroxylation is 1. The fourth-order valence-electron chi connectivity index (χ4n) is 2.69. The Bertz CT molecular complexity index is 1120. The molecule has 0 aliphatic heterocycles. The summed E-state index contributed by atoms with van der Waals surface area (Å²) < 4.78 is 46.1. The van der Waals surface area contributed by atoms with Crippen LogP contribution in [0.4, 0.5) is 13.2 Å². The Labute approximate surface area is 166 Å². The zero-order chi connectivity index (χ0) is 19.9. The number of hydrogen-bond acceptors (Lipinski definition) is 4. The lowest BCUT2D eigenvalue weighted by atomic mass is 10.1. The Balaban J connectivity index is 1.61. The van der Waals surface area contributed by atoms with Gasteiger partial charge in [-0.1, -0.05) is 45.4 Å². The smallest absolute Gasteiger partial charge is 0.334 e. The van der Waals surface area contributed by atoms with Crippen molar-refractivity contribution >= 4 is 15.9 Å².